The summed E-state index contributed by atoms with van der Waals surface area (Å²) in [6.07, 6.45) is -10.6. The van der Waals surface area contributed by atoms with Crippen LogP contribution in [0.4, 0.5) is 0 Å². The molecule has 0 amide bonds. The molecule has 3 unspecified atom stereocenters. The molecule has 3 fully saturated rings. The molecule has 3 heterocycles. The number of aromatic nitrogens is 1. The summed E-state index contributed by atoms with van der Waals surface area (Å²) in [6, 6.07) is 2.91. The third-order valence-corrected chi connectivity index (χ3v) is 11.2. The summed E-state index contributed by atoms with van der Waals surface area (Å²) in [6.45, 7) is 8.79. The molecule has 1 spiro atoms. The van der Waals surface area contributed by atoms with Crippen LogP contribution in [0.2, 0.25) is 0 Å². The summed E-state index contributed by atoms with van der Waals surface area (Å²) >= 11 is 0. The number of fused-ring (bicyclic) bond motifs is 5. The second-order valence-corrected chi connectivity index (χ2v) is 14.7. The summed E-state index contributed by atoms with van der Waals surface area (Å²) in [7, 11) is 0. The number of rotatable bonds is 6. The second kappa shape index (κ2) is 14.2. The molecule has 0 radical (unpaired) electrons. The first-order valence-electron chi connectivity index (χ1n) is 17.3. The van der Waals surface area contributed by atoms with Crippen LogP contribution in [0.25, 0.3) is 0 Å². The van der Waals surface area contributed by atoms with Crippen molar-refractivity contribution in [3.63, 3.8) is 0 Å². The van der Waals surface area contributed by atoms with Gasteiger partial charge in [-0.2, -0.15) is 0 Å². The van der Waals surface area contributed by atoms with Gasteiger partial charge < -0.3 is 48.1 Å². The zero-order valence-electron chi connectivity index (χ0n) is 31.3. The number of cyclic esters (lactones) is 1. The lowest BCUT2D eigenvalue weighted by Crippen LogP contribution is -2.89. The van der Waals surface area contributed by atoms with Gasteiger partial charge in [-0.05, 0) is 26.0 Å². The van der Waals surface area contributed by atoms with Crippen LogP contribution < -0.4 is 0 Å². The van der Waals surface area contributed by atoms with Gasteiger partial charge in [0, 0.05) is 46.7 Å². The molecule has 13 atom stereocenters. The van der Waals surface area contributed by atoms with E-state index in [2.05, 4.69) is 4.98 Å². The zero-order chi connectivity index (χ0) is 40.3. The predicted molar refractivity (Wildman–Crippen MR) is 176 cm³/mol. The Bertz CT molecular complexity index is 1740. The number of nitrogens with zero attached hydrogens (tertiary/aromatic N) is 1. The Morgan fingerprint density at radius 1 is 0.852 bits per heavy atom. The van der Waals surface area contributed by atoms with Gasteiger partial charge in [-0.25, -0.2) is 4.79 Å². The van der Waals surface area contributed by atoms with Crippen LogP contribution in [-0.4, -0.2) is 124 Å². The summed E-state index contributed by atoms with van der Waals surface area (Å²) in [4.78, 5) is 97.0. The van der Waals surface area contributed by atoms with Crippen LogP contribution in [0.15, 0.2) is 18.3 Å². The van der Waals surface area contributed by atoms with E-state index in [0.717, 1.165) is 41.5 Å². The van der Waals surface area contributed by atoms with Crippen molar-refractivity contribution in [1.82, 2.24) is 4.98 Å². The van der Waals surface area contributed by atoms with E-state index in [1.807, 2.05) is 0 Å². The number of ether oxygens (including phenoxy) is 8. The number of aliphatic hydroxyl groups excluding tert-OH is 1. The summed E-state index contributed by atoms with van der Waals surface area (Å²) in [5.41, 5.74) is -9.90. The SMILES string of the molecule is CC(=O)OC[C@]12[C@H](OC(C)=O)[C@H](OC(C)=O)[C@@H]3C(OC(C)=O)[C@@]14O[C@@]3(C)COC(=O)c1cccnc1C(C)C(C)C(=O)O[C@@H]([C@H](O)[C@@H]2OC(C)=O)[C@]4(C)O. The van der Waals surface area contributed by atoms with E-state index in [-0.39, 0.29) is 11.3 Å². The number of aliphatic hydroxyl groups is 2. The van der Waals surface area contributed by atoms with Crippen LogP contribution >= 0.6 is 0 Å². The van der Waals surface area contributed by atoms with E-state index in [9.17, 15) is 43.8 Å². The lowest BCUT2D eigenvalue weighted by Gasteiger charge is -2.67. The highest BCUT2D eigenvalue weighted by molar-refractivity contribution is 5.91. The molecule has 2 aliphatic heterocycles. The van der Waals surface area contributed by atoms with Crippen molar-refractivity contribution in [3.05, 3.63) is 29.6 Å². The van der Waals surface area contributed by atoms with Gasteiger partial charge in [0.1, 0.15) is 54.2 Å². The van der Waals surface area contributed by atoms with E-state index in [1.54, 1.807) is 6.92 Å². The highest BCUT2D eigenvalue weighted by Crippen LogP contribution is 2.70. The van der Waals surface area contributed by atoms with Crippen molar-refractivity contribution in [2.75, 3.05) is 13.2 Å². The van der Waals surface area contributed by atoms with Crippen molar-refractivity contribution < 1.29 is 81.7 Å². The first-order chi connectivity index (χ1) is 25.1. The number of pyridine rings is 1. The lowest BCUT2D eigenvalue weighted by atomic mass is 9.45. The van der Waals surface area contributed by atoms with Crippen LogP contribution in [0.1, 0.15) is 84.3 Å². The van der Waals surface area contributed by atoms with Crippen LogP contribution in [0.5, 0.6) is 0 Å². The van der Waals surface area contributed by atoms with Gasteiger partial charge in [-0.3, -0.25) is 33.8 Å². The molecule has 2 N–H and O–H groups in total. The molecule has 1 saturated heterocycles. The average Bonchev–Trinajstić information content (AvgIpc) is 3.29. The second-order valence-electron chi connectivity index (χ2n) is 14.7. The minimum Gasteiger partial charge on any atom is -0.465 e. The van der Waals surface area contributed by atoms with Crippen molar-refractivity contribution in [1.29, 1.82) is 0 Å². The fraction of sp³-hybridized carbons (Fsp3) is 0.667. The third-order valence-electron chi connectivity index (χ3n) is 11.2. The predicted octanol–water partition coefficient (Wildman–Crippen LogP) is 0.463. The Morgan fingerprint density at radius 3 is 2.00 bits per heavy atom. The number of carbonyl (C=O) groups is 7. The minimum absolute atomic E-state index is 0.0262. The Morgan fingerprint density at radius 2 is 1.43 bits per heavy atom. The molecule has 2 saturated carbocycles. The maximum Gasteiger partial charge on any atom is 0.340 e. The number of esters is 7. The molecule has 18 nitrogen and oxygen atoms in total. The first-order valence-corrected chi connectivity index (χ1v) is 17.3. The van der Waals surface area contributed by atoms with E-state index < -0.39 is 132 Å². The van der Waals surface area contributed by atoms with Crippen molar-refractivity contribution in [2.45, 2.75) is 122 Å². The average molecular weight is 764 g/mol. The maximum atomic E-state index is 14.1. The Labute approximate surface area is 310 Å². The van der Waals surface area contributed by atoms with Gasteiger partial charge in [0.15, 0.2) is 17.8 Å². The van der Waals surface area contributed by atoms with Crippen molar-refractivity contribution >= 4 is 41.8 Å². The molecular formula is C36H45NO17. The number of hydrogen-bond acceptors (Lipinski definition) is 18. The summed E-state index contributed by atoms with van der Waals surface area (Å²) in [5.74, 6) is -10.4. The highest BCUT2D eigenvalue weighted by atomic mass is 16.7. The molecule has 0 aromatic carbocycles. The Balaban J connectivity index is 1.96. The van der Waals surface area contributed by atoms with Gasteiger partial charge in [-0.1, -0.05) is 13.8 Å². The molecule has 296 valence electrons. The van der Waals surface area contributed by atoms with E-state index in [1.165, 1.54) is 32.2 Å². The monoisotopic (exact) mass is 763 g/mol. The van der Waals surface area contributed by atoms with Gasteiger partial charge >= 0.3 is 41.8 Å². The fourth-order valence-corrected chi connectivity index (χ4v) is 8.96. The number of hydrogen-bond donors (Lipinski definition) is 2. The largest absolute Gasteiger partial charge is 0.465 e. The highest BCUT2D eigenvalue weighted by Gasteiger charge is 2.91. The molecule has 18 heteroatoms. The normalized spacial score (nSPS) is 39.8. The Hall–Kier alpha value is -4.68. The van der Waals surface area contributed by atoms with Crippen LogP contribution in [0.3, 0.4) is 0 Å². The van der Waals surface area contributed by atoms with Gasteiger partial charge in [0.05, 0.1) is 23.1 Å². The van der Waals surface area contributed by atoms with E-state index >= 15 is 0 Å². The molecule has 4 bridgehead atoms. The molecule has 54 heavy (non-hydrogen) atoms. The summed E-state index contributed by atoms with van der Waals surface area (Å²) in [5, 5.41) is 25.4. The number of carbonyl (C=O) groups excluding carboxylic acids is 7. The fourth-order valence-electron chi connectivity index (χ4n) is 8.96. The minimum atomic E-state index is -2.78. The molecular weight excluding hydrogens is 718 g/mol. The van der Waals surface area contributed by atoms with E-state index in [4.69, 9.17) is 37.9 Å². The van der Waals surface area contributed by atoms with E-state index in [0.29, 0.717) is 0 Å². The quantitative estimate of drug-likeness (QED) is 0.295. The zero-order valence-corrected chi connectivity index (χ0v) is 31.3. The maximum absolute atomic E-state index is 14.1. The lowest BCUT2D eigenvalue weighted by molar-refractivity contribution is -0.386. The molecule has 1 aromatic heterocycles. The smallest absolute Gasteiger partial charge is 0.340 e. The third kappa shape index (κ3) is 6.17. The van der Waals surface area contributed by atoms with Crippen molar-refractivity contribution in [2.24, 2.45) is 17.3 Å². The van der Waals surface area contributed by atoms with Crippen molar-refractivity contribution in [3.8, 4) is 0 Å². The molecule has 4 aliphatic rings. The molecule has 1 aromatic rings. The summed E-state index contributed by atoms with van der Waals surface area (Å²) < 4.78 is 47.8. The molecule has 5 rings (SSSR count). The van der Waals surface area contributed by atoms with Gasteiger partial charge in [0.2, 0.25) is 0 Å². The first kappa shape index (κ1) is 40.5. The van der Waals surface area contributed by atoms with Gasteiger partial charge in [-0.15, -0.1) is 0 Å². The standard InChI is InChI=1S/C36H45NO17/c1-15-16(2)31(44)53-28-25(43)29(51-20(6)41)35(14-47-17(3)38)30(52-21(7)42)26(49-18(4)39)23-27(50-19(5)40)36(35,34(28,9)46)54-33(23,8)13-48-32(45)22-11-10-12-37-24(15)22/h10-12,15-16,23,25-30,43,46H,13-14H2,1-9H3/t15?,16?,23-,25+,26-,27?,28+,29+,30-,33+,34+,35+,36+/m1/s1. The van der Waals surface area contributed by atoms with Crippen LogP contribution in [0, 0.1) is 17.3 Å². The van der Waals surface area contributed by atoms with Gasteiger partial charge in [0.25, 0.3) is 0 Å². The van der Waals surface area contributed by atoms with Crippen LogP contribution in [-0.2, 0) is 66.7 Å². The topological polar surface area (TPSA) is 247 Å². The Kier molecular flexibility index (Phi) is 10.6. The molecule has 2 aliphatic carbocycles.